The molecule has 2 N–H and O–H groups in total. The largest absolute Gasteiger partial charge is 0.343 e. The van der Waals surface area contributed by atoms with Crippen LogP contribution in [0.3, 0.4) is 0 Å². The molecule has 8 nitrogen and oxygen atoms in total. The van der Waals surface area contributed by atoms with Crippen molar-refractivity contribution in [2.24, 2.45) is 0 Å². The smallest absolute Gasteiger partial charge is 0.330 e. The first-order valence-corrected chi connectivity index (χ1v) is 21.3. The highest BCUT2D eigenvalue weighted by Gasteiger charge is 2.46. The number of benzene rings is 4. The van der Waals surface area contributed by atoms with Gasteiger partial charge in [0, 0.05) is 46.4 Å². The number of anilines is 1. The van der Waals surface area contributed by atoms with Crippen LogP contribution in [0.25, 0.3) is 21.5 Å². The zero-order valence-corrected chi connectivity index (χ0v) is 32.6. The maximum atomic E-state index is 12.9. The van der Waals surface area contributed by atoms with Crippen molar-refractivity contribution in [1.29, 1.82) is 0 Å². The van der Waals surface area contributed by atoms with E-state index in [-0.39, 0.29) is 13.0 Å². The van der Waals surface area contributed by atoms with Crippen molar-refractivity contribution in [2.45, 2.75) is 69.6 Å². The lowest BCUT2D eigenvalue weighted by atomic mass is 9.81. The first-order chi connectivity index (χ1) is 25.0. The molecule has 7 rings (SSSR count). The normalized spacial score (nSPS) is 20.5. The molecular weight excluding hydrogens is 728 g/mol. The predicted molar refractivity (Wildman–Crippen MR) is 216 cm³/mol. The van der Waals surface area contributed by atoms with Gasteiger partial charge in [-0.1, -0.05) is 98.3 Å². The third-order valence-corrected chi connectivity index (χ3v) is 13.1. The van der Waals surface area contributed by atoms with Gasteiger partial charge in [0.15, 0.2) is 6.21 Å². The van der Waals surface area contributed by atoms with E-state index in [2.05, 4.69) is 26.0 Å². The van der Waals surface area contributed by atoms with Gasteiger partial charge < -0.3 is 4.90 Å². The topological polar surface area (TPSA) is 115 Å². The van der Waals surface area contributed by atoms with Gasteiger partial charge >= 0.3 is 10.1 Å². The van der Waals surface area contributed by atoms with E-state index in [1.165, 1.54) is 0 Å². The molecule has 2 heterocycles. The van der Waals surface area contributed by atoms with Gasteiger partial charge in [-0.3, -0.25) is 9.11 Å². The molecule has 53 heavy (non-hydrogen) atoms. The Morgan fingerprint density at radius 3 is 2.15 bits per heavy atom. The van der Waals surface area contributed by atoms with Crippen LogP contribution in [0.5, 0.6) is 0 Å². The highest BCUT2D eigenvalue weighted by Crippen LogP contribution is 2.51. The maximum Gasteiger partial charge on any atom is 0.330 e. The Balaban J connectivity index is 1.20. The van der Waals surface area contributed by atoms with Crippen molar-refractivity contribution in [3.05, 3.63) is 130 Å². The summed E-state index contributed by atoms with van der Waals surface area (Å²) in [5, 5.41) is 3.65. The molecule has 0 saturated heterocycles. The quantitative estimate of drug-likeness (QED) is 0.129. The second-order valence-corrected chi connectivity index (χ2v) is 18.8. The Morgan fingerprint density at radius 2 is 1.49 bits per heavy atom. The molecule has 0 saturated carbocycles. The van der Waals surface area contributed by atoms with E-state index in [1.54, 1.807) is 10.7 Å². The maximum absolute atomic E-state index is 12.9. The molecule has 1 aliphatic carbocycles. The van der Waals surface area contributed by atoms with E-state index in [1.807, 2.05) is 104 Å². The van der Waals surface area contributed by atoms with Crippen LogP contribution in [0.1, 0.15) is 64.5 Å². The average Bonchev–Trinajstić information content (AvgIpc) is 3.50. The number of hydrogen-bond acceptors (Lipinski definition) is 5. The van der Waals surface area contributed by atoms with Gasteiger partial charge in [-0.05, 0) is 89.6 Å². The number of rotatable bonds is 9. The van der Waals surface area contributed by atoms with Crippen LogP contribution < -0.4 is 4.90 Å². The van der Waals surface area contributed by atoms with Crippen LogP contribution in [0, 0.1) is 0 Å². The van der Waals surface area contributed by atoms with Gasteiger partial charge in [0.1, 0.15) is 0 Å². The Morgan fingerprint density at radius 1 is 0.849 bits per heavy atom. The van der Waals surface area contributed by atoms with Crippen molar-refractivity contribution >= 4 is 71.0 Å². The summed E-state index contributed by atoms with van der Waals surface area (Å²) in [6.45, 7) is 8.42. The van der Waals surface area contributed by atoms with Crippen molar-refractivity contribution in [3.63, 3.8) is 0 Å². The number of allylic oxidation sites excluding steroid dienone is 7. The summed E-state index contributed by atoms with van der Waals surface area (Å²) in [4.78, 5) is 1.97. The summed E-state index contributed by atoms with van der Waals surface area (Å²) in [6.07, 6.45) is 11.8. The van der Waals surface area contributed by atoms with Gasteiger partial charge in [0.05, 0.1) is 11.2 Å². The highest BCUT2D eigenvalue weighted by molar-refractivity contribution is 7.86. The molecule has 1 unspecified atom stereocenters. The molecule has 3 aliphatic rings. The molecular formula is C42H44ClN2O6S2+. The molecule has 4 aromatic rings. The first kappa shape index (κ1) is 37.3. The van der Waals surface area contributed by atoms with E-state index in [0.717, 1.165) is 73.7 Å². The fourth-order valence-corrected chi connectivity index (χ4v) is 9.99. The molecule has 1 atom stereocenters. The van der Waals surface area contributed by atoms with Gasteiger partial charge in [0.2, 0.25) is 5.69 Å². The molecule has 0 amide bonds. The SMILES string of the molecule is CC1(C)C=[N+](C(C/C=C/C2=C(Cl)C(=C\C=C3/N(CCS(=O)(=O)O)c4ccc5ccccc5c4C3(C)C)/CCC2)S(=O)(=O)O)c2ccc3ccccc3c21. The summed E-state index contributed by atoms with van der Waals surface area (Å²) in [7, 11) is -8.70. The van der Waals surface area contributed by atoms with Gasteiger partial charge in [-0.25, -0.2) is 0 Å². The van der Waals surface area contributed by atoms with Crippen molar-refractivity contribution in [2.75, 3.05) is 17.2 Å². The Labute approximate surface area is 317 Å². The summed E-state index contributed by atoms with van der Waals surface area (Å²) in [5.41, 5.74) is 5.50. The van der Waals surface area contributed by atoms with Crippen LogP contribution in [-0.2, 0) is 31.1 Å². The molecule has 0 spiro atoms. The Bertz CT molecular complexity index is 2550. The van der Waals surface area contributed by atoms with E-state index in [9.17, 15) is 25.9 Å². The van der Waals surface area contributed by atoms with Gasteiger partial charge in [-0.15, -0.1) is 0 Å². The predicted octanol–water partition coefficient (Wildman–Crippen LogP) is 9.33. The molecule has 0 aromatic heterocycles. The highest BCUT2D eigenvalue weighted by atomic mass is 35.5. The first-order valence-electron chi connectivity index (χ1n) is 17.8. The molecule has 11 heteroatoms. The van der Waals surface area contributed by atoms with Crippen LogP contribution in [0.4, 0.5) is 11.4 Å². The number of halogens is 1. The molecule has 0 fully saturated rings. The lowest BCUT2D eigenvalue weighted by molar-refractivity contribution is -0.452. The van der Waals surface area contributed by atoms with Gasteiger partial charge in [0.25, 0.3) is 15.5 Å². The minimum absolute atomic E-state index is 0.0393. The van der Waals surface area contributed by atoms with E-state index in [4.69, 9.17) is 11.6 Å². The fraction of sp³-hybridized carbons (Fsp3) is 0.310. The minimum atomic E-state index is -4.49. The third-order valence-electron chi connectivity index (χ3n) is 10.8. The molecule has 2 aliphatic heterocycles. The number of hydrogen-bond donors (Lipinski definition) is 2. The number of fused-ring (bicyclic) bond motifs is 6. The second-order valence-electron chi connectivity index (χ2n) is 15.2. The van der Waals surface area contributed by atoms with Crippen LogP contribution >= 0.6 is 11.6 Å². The summed E-state index contributed by atoms with van der Waals surface area (Å²) >= 11 is 7.04. The fourth-order valence-electron chi connectivity index (χ4n) is 8.45. The molecule has 276 valence electrons. The van der Waals surface area contributed by atoms with E-state index in [0.29, 0.717) is 11.5 Å². The van der Waals surface area contributed by atoms with Crippen molar-refractivity contribution < 1.29 is 30.5 Å². The number of nitrogens with zero attached hydrogens (tertiary/aromatic N) is 2. The second kappa shape index (κ2) is 13.7. The lowest BCUT2D eigenvalue weighted by Gasteiger charge is -2.27. The Hall–Kier alpha value is -4.06. The van der Waals surface area contributed by atoms with Gasteiger partial charge in [-0.2, -0.15) is 21.4 Å². The van der Waals surface area contributed by atoms with Crippen LogP contribution in [-0.4, -0.2) is 54.4 Å². The van der Waals surface area contributed by atoms with Crippen molar-refractivity contribution in [1.82, 2.24) is 0 Å². The zero-order valence-electron chi connectivity index (χ0n) is 30.3. The summed E-state index contributed by atoms with van der Waals surface area (Å²) < 4.78 is 71.4. The average molecular weight is 772 g/mol. The zero-order chi connectivity index (χ0) is 37.9. The van der Waals surface area contributed by atoms with E-state index < -0.39 is 42.2 Å². The summed E-state index contributed by atoms with van der Waals surface area (Å²) in [6, 6.07) is 24.1. The third kappa shape index (κ3) is 7.03. The molecule has 0 radical (unpaired) electrons. The minimum Gasteiger partial charge on any atom is -0.343 e. The lowest BCUT2D eigenvalue weighted by Crippen LogP contribution is -2.31. The molecule has 4 aromatic carbocycles. The standard InChI is InChI=1S/C42H43ClN2O6S2/c1-41(2)27-45(34-22-19-28-11-5-7-16-32(28)38(34)41)37(53(49,50)51)18-10-15-30-13-9-14-31(40(30)43)21-24-36-42(3,4)39-33-17-8-6-12-29(33)20-23-35(39)44(36)25-26-52(46,47)48/h5-8,10-12,15-17,19-24,27,37H,9,13-14,18,25-26H2,1-4H3,(H-,46,47,48,49,50,51)/p+1/b15-10+,31-21-,36-24-. The van der Waals surface area contributed by atoms with Crippen LogP contribution in [0.15, 0.2) is 119 Å². The monoisotopic (exact) mass is 771 g/mol. The van der Waals surface area contributed by atoms with Crippen molar-refractivity contribution in [3.8, 4) is 0 Å². The van der Waals surface area contributed by atoms with E-state index >= 15 is 0 Å². The molecule has 0 bridgehead atoms. The van der Waals surface area contributed by atoms with Crippen LogP contribution in [0.2, 0.25) is 0 Å². The summed E-state index contributed by atoms with van der Waals surface area (Å²) in [5.74, 6) is -0.418. The Kier molecular flexibility index (Phi) is 9.60.